The monoisotopic (exact) mass is 349 g/mol. The minimum atomic E-state index is -1.14. The summed E-state index contributed by atoms with van der Waals surface area (Å²) in [5.74, 6) is 0.263. The molecule has 0 bridgehead atoms. The molecule has 4 rings (SSSR count). The van der Waals surface area contributed by atoms with Crippen LogP contribution in [0.15, 0.2) is 49.1 Å². The van der Waals surface area contributed by atoms with Gasteiger partial charge in [-0.2, -0.15) is 0 Å². The number of aromatic nitrogens is 3. The first kappa shape index (κ1) is 16.7. The first-order valence-electron chi connectivity index (χ1n) is 8.93. The van der Waals surface area contributed by atoms with E-state index in [9.17, 15) is 10.2 Å². The Balaban J connectivity index is 1.94. The van der Waals surface area contributed by atoms with Gasteiger partial charge in [0.1, 0.15) is 5.60 Å². The molecule has 0 saturated heterocycles. The molecule has 0 aliphatic rings. The van der Waals surface area contributed by atoms with Gasteiger partial charge >= 0.3 is 0 Å². The third-order valence-electron chi connectivity index (χ3n) is 5.38. The van der Waals surface area contributed by atoms with E-state index in [0.717, 1.165) is 27.1 Å². The van der Waals surface area contributed by atoms with Crippen molar-refractivity contribution in [1.29, 1.82) is 0 Å². The third kappa shape index (κ3) is 2.24. The van der Waals surface area contributed by atoms with Gasteiger partial charge in [-0.1, -0.05) is 32.0 Å². The molecular formula is C21H23N3O2. The Morgan fingerprint density at radius 1 is 1.15 bits per heavy atom. The first-order chi connectivity index (χ1) is 12.5. The highest BCUT2D eigenvalue weighted by molar-refractivity contribution is 6.09. The van der Waals surface area contributed by atoms with E-state index < -0.39 is 5.60 Å². The zero-order valence-electron chi connectivity index (χ0n) is 15.2. The van der Waals surface area contributed by atoms with E-state index >= 15 is 0 Å². The van der Waals surface area contributed by atoms with Crippen LogP contribution in [0.25, 0.3) is 21.5 Å². The number of aryl methyl sites for hydroxylation is 1. The van der Waals surface area contributed by atoms with Crippen LogP contribution < -0.4 is 0 Å². The van der Waals surface area contributed by atoms with Crippen LogP contribution >= 0.6 is 0 Å². The second-order valence-corrected chi connectivity index (χ2v) is 7.09. The quantitative estimate of drug-likeness (QED) is 0.518. The molecule has 3 N–H and O–H groups in total. The van der Waals surface area contributed by atoms with Crippen molar-refractivity contribution in [3.05, 3.63) is 60.3 Å². The molecule has 1 atom stereocenters. The molecule has 5 heteroatoms. The van der Waals surface area contributed by atoms with Gasteiger partial charge in [-0.25, -0.2) is 4.98 Å². The van der Waals surface area contributed by atoms with Crippen molar-refractivity contribution in [2.24, 2.45) is 5.92 Å². The molecule has 5 nitrogen and oxygen atoms in total. The van der Waals surface area contributed by atoms with Crippen molar-refractivity contribution in [2.45, 2.75) is 32.9 Å². The van der Waals surface area contributed by atoms with Gasteiger partial charge in [0.2, 0.25) is 0 Å². The Morgan fingerprint density at radius 2 is 1.92 bits per heavy atom. The summed E-state index contributed by atoms with van der Waals surface area (Å²) in [4.78, 5) is 7.13. The lowest BCUT2D eigenvalue weighted by atomic mass is 9.80. The van der Waals surface area contributed by atoms with Crippen molar-refractivity contribution in [2.75, 3.05) is 0 Å². The van der Waals surface area contributed by atoms with Gasteiger partial charge in [0.25, 0.3) is 0 Å². The van der Waals surface area contributed by atoms with Gasteiger partial charge in [-0.3, -0.25) is 0 Å². The highest BCUT2D eigenvalue weighted by Gasteiger charge is 2.36. The predicted octanol–water partition coefficient (Wildman–Crippen LogP) is 4.14. The topological polar surface area (TPSA) is 74.1 Å². The lowest BCUT2D eigenvalue weighted by molar-refractivity contribution is 0.0281. The Morgan fingerprint density at radius 3 is 2.58 bits per heavy atom. The summed E-state index contributed by atoms with van der Waals surface area (Å²) in [7, 11) is 0. The van der Waals surface area contributed by atoms with Gasteiger partial charge in [-0.15, -0.1) is 0 Å². The van der Waals surface area contributed by atoms with Gasteiger partial charge in [0.05, 0.1) is 18.2 Å². The number of nitrogens with zero attached hydrogens (tertiary/aromatic N) is 2. The smallest absolute Gasteiger partial charge is 0.199 e. The molecule has 0 aliphatic carbocycles. The fourth-order valence-electron chi connectivity index (χ4n) is 3.80. The van der Waals surface area contributed by atoms with Crippen LogP contribution in [0, 0.1) is 5.92 Å². The number of hydrogen-bond acceptors (Lipinski definition) is 3. The number of hydrogen-bond donors (Lipinski definition) is 3. The standard InChI is InChI=1S/C21H23N3O2/c1-4-24-11-18-16-8-6-15(9-14(16)5-7-17(18)20(24)25)21(26,13(2)3)19-10-22-12-23-19/h5-13,25-26H,4H2,1-3H3,(H,22,23). The summed E-state index contributed by atoms with van der Waals surface area (Å²) in [6.07, 6.45) is 5.24. The van der Waals surface area contributed by atoms with Crippen LogP contribution in [0.2, 0.25) is 0 Å². The van der Waals surface area contributed by atoms with Crippen LogP contribution in [0.4, 0.5) is 0 Å². The van der Waals surface area contributed by atoms with Crippen LogP contribution in [-0.4, -0.2) is 24.7 Å². The molecule has 0 radical (unpaired) electrons. The molecule has 0 fully saturated rings. The molecule has 1 unspecified atom stereocenters. The highest BCUT2D eigenvalue weighted by Crippen LogP contribution is 2.39. The van der Waals surface area contributed by atoms with E-state index in [1.807, 2.05) is 61.9 Å². The minimum absolute atomic E-state index is 0.0330. The van der Waals surface area contributed by atoms with Crippen molar-refractivity contribution in [3.8, 4) is 5.88 Å². The van der Waals surface area contributed by atoms with E-state index in [-0.39, 0.29) is 5.92 Å². The number of aliphatic hydroxyl groups is 1. The van der Waals surface area contributed by atoms with Gasteiger partial charge in [0.15, 0.2) is 5.88 Å². The van der Waals surface area contributed by atoms with E-state index in [4.69, 9.17) is 0 Å². The summed E-state index contributed by atoms with van der Waals surface area (Å²) >= 11 is 0. The average molecular weight is 349 g/mol. The van der Waals surface area contributed by atoms with E-state index in [0.29, 0.717) is 18.1 Å². The number of imidazole rings is 1. The van der Waals surface area contributed by atoms with Crippen molar-refractivity contribution >= 4 is 21.5 Å². The molecule has 2 aromatic heterocycles. The maximum Gasteiger partial charge on any atom is 0.199 e. The van der Waals surface area contributed by atoms with E-state index in [2.05, 4.69) is 9.97 Å². The molecule has 0 saturated carbocycles. The third-order valence-corrected chi connectivity index (χ3v) is 5.38. The molecular weight excluding hydrogens is 326 g/mol. The lowest BCUT2D eigenvalue weighted by Gasteiger charge is -2.32. The SMILES string of the molecule is CCn1cc2c(ccc3cc(C(O)(c4cnc[nH]4)C(C)C)ccc32)c1O. The number of benzene rings is 2. The van der Waals surface area contributed by atoms with Gasteiger partial charge < -0.3 is 19.8 Å². The van der Waals surface area contributed by atoms with Crippen molar-refractivity contribution in [1.82, 2.24) is 14.5 Å². The van der Waals surface area contributed by atoms with Crippen LogP contribution in [-0.2, 0) is 12.1 Å². The first-order valence-corrected chi connectivity index (χ1v) is 8.93. The summed E-state index contributed by atoms with van der Waals surface area (Å²) < 4.78 is 1.84. The molecule has 26 heavy (non-hydrogen) atoms. The highest BCUT2D eigenvalue weighted by atomic mass is 16.3. The number of nitrogens with one attached hydrogen (secondary N) is 1. The zero-order valence-corrected chi connectivity index (χ0v) is 15.2. The van der Waals surface area contributed by atoms with Crippen molar-refractivity contribution in [3.63, 3.8) is 0 Å². The van der Waals surface area contributed by atoms with E-state index in [1.165, 1.54) is 0 Å². The summed E-state index contributed by atoms with van der Waals surface area (Å²) in [5.41, 5.74) is 0.363. The predicted molar refractivity (Wildman–Crippen MR) is 103 cm³/mol. The normalized spacial score (nSPS) is 14.3. The van der Waals surface area contributed by atoms with Gasteiger partial charge in [0, 0.05) is 23.5 Å². The van der Waals surface area contributed by atoms with Crippen LogP contribution in [0.5, 0.6) is 5.88 Å². The Kier molecular flexibility index (Phi) is 3.77. The molecule has 134 valence electrons. The molecule has 2 aromatic carbocycles. The number of fused-ring (bicyclic) bond motifs is 3. The molecule has 4 aromatic rings. The number of aromatic amines is 1. The van der Waals surface area contributed by atoms with Crippen molar-refractivity contribution < 1.29 is 10.2 Å². The summed E-state index contributed by atoms with van der Waals surface area (Å²) in [6, 6.07) is 9.94. The minimum Gasteiger partial charge on any atom is -0.494 e. The van der Waals surface area contributed by atoms with E-state index in [1.54, 1.807) is 12.5 Å². The Labute approximate surface area is 151 Å². The Hall–Kier alpha value is -2.79. The van der Waals surface area contributed by atoms with Gasteiger partial charge in [-0.05, 0) is 41.3 Å². The fourth-order valence-corrected chi connectivity index (χ4v) is 3.80. The largest absolute Gasteiger partial charge is 0.494 e. The zero-order chi connectivity index (χ0) is 18.5. The molecule has 2 heterocycles. The maximum absolute atomic E-state index is 11.5. The Bertz CT molecular complexity index is 1080. The molecule has 0 aliphatic heterocycles. The molecule has 0 amide bonds. The second-order valence-electron chi connectivity index (χ2n) is 7.09. The fraction of sp³-hybridized carbons (Fsp3) is 0.286. The summed E-state index contributed by atoms with van der Waals surface area (Å²) in [6.45, 7) is 6.71. The summed E-state index contributed by atoms with van der Waals surface area (Å²) in [5, 5.41) is 25.8. The second kappa shape index (κ2) is 5.88. The van der Waals surface area contributed by atoms with Crippen LogP contribution in [0.3, 0.4) is 0 Å². The maximum atomic E-state index is 11.5. The number of rotatable bonds is 4. The number of H-pyrrole nitrogens is 1. The lowest BCUT2D eigenvalue weighted by Crippen LogP contribution is -2.33. The average Bonchev–Trinajstić information content (AvgIpc) is 3.29. The molecule has 0 spiro atoms. The number of aromatic hydroxyl groups is 1. The van der Waals surface area contributed by atoms with Crippen LogP contribution in [0.1, 0.15) is 32.0 Å².